The van der Waals surface area contributed by atoms with Gasteiger partial charge in [-0.1, -0.05) is 13.8 Å². The number of imidazole rings is 1. The topological polar surface area (TPSA) is 41.8 Å². The van der Waals surface area contributed by atoms with E-state index in [2.05, 4.69) is 33.4 Å². The Morgan fingerprint density at radius 1 is 1.29 bits per heavy atom. The fourth-order valence-electron chi connectivity index (χ4n) is 3.54. The van der Waals surface area contributed by atoms with E-state index in [4.69, 9.17) is 12.2 Å². The molecule has 116 valence electrons. The first kappa shape index (κ1) is 14.8. The number of likely N-dealkylation sites (tertiary alicyclic amines) is 1. The number of H-pyrrole nitrogens is 1. The van der Waals surface area contributed by atoms with E-state index < -0.39 is 0 Å². The number of rotatable bonds is 4. The summed E-state index contributed by atoms with van der Waals surface area (Å²) in [7, 11) is 2.02. The molecular weight excluding hydrogens is 282 g/mol. The number of aryl methyl sites for hydroxylation is 2. The summed E-state index contributed by atoms with van der Waals surface area (Å²) in [5.74, 6) is 0. The van der Waals surface area contributed by atoms with Crippen LogP contribution in [0.1, 0.15) is 44.8 Å². The van der Waals surface area contributed by atoms with Crippen molar-refractivity contribution >= 4 is 23.4 Å². The Morgan fingerprint density at radius 2 is 2.00 bits per heavy atom. The molecule has 3 heterocycles. The van der Waals surface area contributed by atoms with Crippen LogP contribution in [0.3, 0.4) is 0 Å². The number of piperidine rings is 1. The van der Waals surface area contributed by atoms with E-state index in [1.54, 1.807) is 0 Å². The molecule has 3 rings (SSSR count). The number of fused-ring (bicyclic) bond motifs is 1. The number of nitrogens with one attached hydrogen (secondary N) is 1. The van der Waals surface area contributed by atoms with Gasteiger partial charge in [0.15, 0.2) is 10.4 Å². The first-order valence-corrected chi connectivity index (χ1v) is 8.45. The molecule has 0 atom stereocenters. The maximum Gasteiger partial charge on any atom is 0.179 e. The molecule has 0 aromatic carbocycles. The Bertz CT molecular complexity index is 672. The molecular formula is C15H25N5S. The lowest BCUT2D eigenvalue weighted by Crippen LogP contribution is -2.35. The summed E-state index contributed by atoms with van der Waals surface area (Å²) >= 11 is 5.59. The van der Waals surface area contributed by atoms with E-state index in [9.17, 15) is 0 Å². The van der Waals surface area contributed by atoms with Crippen LogP contribution in [0.15, 0.2) is 0 Å². The van der Waals surface area contributed by atoms with E-state index in [1.807, 2.05) is 11.7 Å². The number of hydrogen-bond acceptors (Lipinski definition) is 3. The van der Waals surface area contributed by atoms with Crippen LogP contribution in [0.25, 0.3) is 11.2 Å². The lowest BCUT2D eigenvalue weighted by atomic mass is 10.0. The van der Waals surface area contributed by atoms with Gasteiger partial charge < -0.3 is 9.88 Å². The fourth-order valence-corrected chi connectivity index (χ4v) is 3.88. The average molecular weight is 307 g/mol. The highest BCUT2D eigenvalue weighted by Crippen LogP contribution is 2.28. The van der Waals surface area contributed by atoms with Crippen molar-refractivity contribution in [2.75, 3.05) is 19.6 Å². The van der Waals surface area contributed by atoms with Crippen LogP contribution in [0, 0.1) is 4.77 Å². The quantitative estimate of drug-likeness (QED) is 0.883. The molecule has 1 saturated heterocycles. The van der Waals surface area contributed by atoms with E-state index in [0.29, 0.717) is 6.04 Å². The molecule has 1 fully saturated rings. The van der Waals surface area contributed by atoms with Gasteiger partial charge in [-0.3, -0.25) is 9.25 Å². The molecule has 0 aliphatic carbocycles. The molecule has 2 aromatic rings. The number of nitrogens with zero attached hydrogens (tertiary/aromatic N) is 4. The maximum absolute atomic E-state index is 5.59. The van der Waals surface area contributed by atoms with E-state index in [1.165, 1.54) is 38.9 Å². The molecule has 21 heavy (non-hydrogen) atoms. The lowest BCUT2D eigenvalue weighted by molar-refractivity contribution is 0.187. The van der Waals surface area contributed by atoms with Crippen molar-refractivity contribution in [1.29, 1.82) is 0 Å². The average Bonchev–Trinajstić information content (AvgIpc) is 2.97. The zero-order valence-corrected chi connectivity index (χ0v) is 14.0. The van der Waals surface area contributed by atoms with Crippen LogP contribution >= 0.6 is 12.2 Å². The Hall–Kier alpha value is -1.14. The number of aromatic nitrogens is 4. The molecule has 0 bridgehead atoms. The fraction of sp³-hybridized carbons (Fsp3) is 0.733. The maximum atomic E-state index is 5.59. The van der Waals surface area contributed by atoms with Gasteiger partial charge >= 0.3 is 0 Å². The molecule has 0 radical (unpaired) electrons. The molecule has 0 spiro atoms. The minimum atomic E-state index is 0.500. The van der Waals surface area contributed by atoms with Gasteiger partial charge in [-0.25, -0.2) is 0 Å². The molecule has 5 nitrogen and oxygen atoms in total. The van der Waals surface area contributed by atoms with Crippen molar-refractivity contribution in [3.8, 4) is 0 Å². The first-order chi connectivity index (χ1) is 10.2. The van der Waals surface area contributed by atoms with Crippen molar-refractivity contribution in [1.82, 2.24) is 24.2 Å². The van der Waals surface area contributed by atoms with Crippen molar-refractivity contribution in [2.45, 2.75) is 45.6 Å². The van der Waals surface area contributed by atoms with Gasteiger partial charge in [-0.2, -0.15) is 5.10 Å². The summed E-state index contributed by atoms with van der Waals surface area (Å²) in [4.78, 5) is 5.94. The monoisotopic (exact) mass is 307 g/mol. The molecule has 0 amide bonds. The third kappa shape index (κ3) is 2.55. The lowest BCUT2D eigenvalue weighted by Gasteiger charge is -2.32. The van der Waals surface area contributed by atoms with Crippen LogP contribution in [-0.4, -0.2) is 43.9 Å². The summed E-state index contributed by atoms with van der Waals surface area (Å²) < 4.78 is 5.14. The van der Waals surface area contributed by atoms with Crippen LogP contribution in [0.4, 0.5) is 0 Å². The highest BCUT2D eigenvalue weighted by atomic mass is 32.1. The van der Waals surface area contributed by atoms with Crippen molar-refractivity contribution in [2.24, 2.45) is 7.05 Å². The van der Waals surface area contributed by atoms with Crippen LogP contribution in [0.5, 0.6) is 0 Å². The Labute approximate surface area is 130 Å². The van der Waals surface area contributed by atoms with Crippen LogP contribution < -0.4 is 0 Å². The highest BCUT2D eigenvalue weighted by molar-refractivity contribution is 7.71. The molecule has 6 heteroatoms. The molecule has 2 aromatic heterocycles. The van der Waals surface area contributed by atoms with Crippen molar-refractivity contribution in [3.63, 3.8) is 0 Å². The van der Waals surface area contributed by atoms with Gasteiger partial charge in [0.1, 0.15) is 5.52 Å². The Morgan fingerprint density at radius 3 is 2.62 bits per heavy atom. The second-order valence-electron chi connectivity index (χ2n) is 6.00. The minimum absolute atomic E-state index is 0.500. The Balaban J connectivity index is 1.93. The van der Waals surface area contributed by atoms with Gasteiger partial charge in [0, 0.05) is 26.2 Å². The predicted molar refractivity (Wildman–Crippen MR) is 88.3 cm³/mol. The van der Waals surface area contributed by atoms with E-state index in [-0.39, 0.29) is 0 Å². The first-order valence-electron chi connectivity index (χ1n) is 8.04. The standard InChI is InChI=1S/C15H25N5S/c1-4-8-19-9-6-11(7-10-19)20-14-13(16-15(20)21)12(5-2)17-18(14)3/h11H,4-10H2,1-3H3,(H,16,21). The second kappa shape index (κ2) is 5.93. The van der Waals surface area contributed by atoms with Crippen LogP contribution in [-0.2, 0) is 13.5 Å². The van der Waals surface area contributed by atoms with Gasteiger partial charge in [0.25, 0.3) is 0 Å². The summed E-state index contributed by atoms with van der Waals surface area (Å²) in [5, 5.41) is 4.62. The molecule has 0 saturated carbocycles. The van der Waals surface area contributed by atoms with Gasteiger partial charge in [-0.05, 0) is 44.4 Å². The number of hydrogen-bond donors (Lipinski definition) is 1. The zero-order chi connectivity index (χ0) is 15.0. The summed E-state index contributed by atoms with van der Waals surface area (Å²) in [6.45, 7) is 7.95. The largest absolute Gasteiger partial charge is 0.328 e. The van der Waals surface area contributed by atoms with Gasteiger partial charge in [-0.15, -0.1) is 0 Å². The summed E-state index contributed by atoms with van der Waals surface area (Å²) in [6, 6.07) is 0.500. The Kier molecular flexibility index (Phi) is 4.17. The molecule has 1 N–H and O–H groups in total. The SMILES string of the molecule is CCCN1CCC(n2c(=S)[nH]c3c(CC)nn(C)c32)CC1. The van der Waals surface area contributed by atoms with E-state index in [0.717, 1.165) is 28.0 Å². The summed E-state index contributed by atoms with van der Waals surface area (Å²) in [5.41, 5.74) is 3.40. The van der Waals surface area contributed by atoms with Crippen molar-refractivity contribution in [3.05, 3.63) is 10.5 Å². The van der Waals surface area contributed by atoms with E-state index >= 15 is 0 Å². The number of aromatic amines is 1. The second-order valence-corrected chi connectivity index (χ2v) is 6.38. The normalized spacial score (nSPS) is 17.9. The van der Waals surface area contributed by atoms with Gasteiger partial charge in [0.2, 0.25) is 0 Å². The third-order valence-electron chi connectivity index (χ3n) is 4.57. The third-order valence-corrected chi connectivity index (χ3v) is 4.86. The molecule has 1 aliphatic rings. The zero-order valence-electron chi connectivity index (χ0n) is 13.2. The molecule has 0 unspecified atom stereocenters. The molecule has 1 aliphatic heterocycles. The van der Waals surface area contributed by atoms with Gasteiger partial charge in [0.05, 0.1) is 5.69 Å². The minimum Gasteiger partial charge on any atom is -0.328 e. The van der Waals surface area contributed by atoms with Crippen LogP contribution in [0.2, 0.25) is 0 Å². The smallest absolute Gasteiger partial charge is 0.179 e. The highest BCUT2D eigenvalue weighted by Gasteiger charge is 2.24. The van der Waals surface area contributed by atoms with Crippen molar-refractivity contribution < 1.29 is 0 Å². The predicted octanol–water partition coefficient (Wildman–Crippen LogP) is 3.04. The summed E-state index contributed by atoms with van der Waals surface area (Å²) in [6.07, 6.45) is 4.52.